The van der Waals surface area contributed by atoms with Gasteiger partial charge in [0, 0.05) is 18.7 Å². The highest BCUT2D eigenvalue weighted by molar-refractivity contribution is 7.92. The van der Waals surface area contributed by atoms with Gasteiger partial charge in [0.25, 0.3) is 10.0 Å². The van der Waals surface area contributed by atoms with E-state index in [4.69, 9.17) is 0 Å². The maximum Gasteiger partial charge on any atom is 0.261 e. The van der Waals surface area contributed by atoms with Gasteiger partial charge in [-0.05, 0) is 67.2 Å². The Kier molecular flexibility index (Phi) is 6.50. The fraction of sp³-hybridized carbons (Fsp3) is 0.429. The highest BCUT2D eigenvalue weighted by atomic mass is 32.2. The lowest BCUT2D eigenvalue weighted by molar-refractivity contribution is 0.335. The number of nitrogens with zero attached hydrogens (tertiary/aromatic N) is 1. The molecular weight excluding hydrogens is 363 g/mol. The van der Waals surface area contributed by atoms with Crippen molar-refractivity contribution in [1.82, 2.24) is 4.90 Å². The van der Waals surface area contributed by atoms with Gasteiger partial charge in [-0.3, -0.25) is 9.11 Å². The van der Waals surface area contributed by atoms with Crippen molar-refractivity contribution < 1.29 is 12.8 Å². The molecular formula is C21H27FN2O2S. The van der Waals surface area contributed by atoms with E-state index >= 15 is 0 Å². The van der Waals surface area contributed by atoms with Crippen LogP contribution in [0, 0.1) is 0 Å². The summed E-state index contributed by atoms with van der Waals surface area (Å²) in [6.45, 7) is 5.09. The Bertz CT molecular complexity index is 835. The van der Waals surface area contributed by atoms with E-state index in [0.29, 0.717) is 18.0 Å². The van der Waals surface area contributed by atoms with Gasteiger partial charge in [0.15, 0.2) is 0 Å². The summed E-state index contributed by atoms with van der Waals surface area (Å²) >= 11 is 0. The largest absolute Gasteiger partial charge is 0.303 e. The summed E-state index contributed by atoms with van der Waals surface area (Å²) in [4.78, 5) is 2.66. The van der Waals surface area contributed by atoms with Crippen molar-refractivity contribution in [3.05, 3.63) is 59.7 Å². The van der Waals surface area contributed by atoms with E-state index in [0.717, 1.165) is 31.6 Å². The van der Waals surface area contributed by atoms with Crippen molar-refractivity contribution in [2.24, 2.45) is 0 Å². The van der Waals surface area contributed by atoms with Crippen LogP contribution in [0.2, 0.25) is 0 Å². The zero-order valence-corrected chi connectivity index (χ0v) is 16.5. The second kappa shape index (κ2) is 8.85. The van der Waals surface area contributed by atoms with Crippen molar-refractivity contribution >= 4 is 15.7 Å². The first-order chi connectivity index (χ1) is 13.0. The molecule has 0 saturated carbocycles. The molecule has 1 N–H and O–H groups in total. The van der Waals surface area contributed by atoms with Crippen LogP contribution < -0.4 is 4.72 Å². The summed E-state index contributed by atoms with van der Waals surface area (Å²) in [5, 5.41) is 0. The molecule has 0 spiro atoms. The molecule has 1 aliphatic heterocycles. The van der Waals surface area contributed by atoms with Crippen molar-refractivity contribution in [2.45, 2.75) is 37.0 Å². The summed E-state index contributed by atoms with van der Waals surface area (Å²) < 4.78 is 40.1. The molecule has 0 aliphatic carbocycles. The number of rotatable bonds is 8. The van der Waals surface area contributed by atoms with Crippen LogP contribution in [-0.4, -0.2) is 39.6 Å². The lowest BCUT2D eigenvalue weighted by atomic mass is 9.98. The van der Waals surface area contributed by atoms with Gasteiger partial charge < -0.3 is 4.90 Å². The number of nitrogens with one attached hydrogen (secondary N) is 1. The molecule has 1 atom stereocenters. The Morgan fingerprint density at radius 3 is 2.44 bits per heavy atom. The fourth-order valence-electron chi connectivity index (χ4n) is 3.61. The molecule has 2 aromatic rings. The average Bonchev–Trinajstić information content (AvgIpc) is 3.12. The van der Waals surface area contributed by atoms with Gasteiger partial charge in [0.2, 0.25) is 0 Å². The number of anilines is 1. The molecule has 1 fully saturated rings. The standard InChI is InChI=1S/C21H27FN2O2S/c1-2-14-24-15-12-19(16-24)18-5-7-20(8-6-18)23-27(25,26)21-9-3-17(4-10-21)11-13-22/h3-10,19,23H,2,11-16H2,1H3. The quantitative estimate of drug-likeness (QED) is 0.735. The minimum absolute atomic E-state index is 0.181. The number of hydrogen-bond acceptors (Lipinski definition) is 3. The van der Waals surface area contributed by atoms with Crippen molar-refractivity contribution in [2.75, 3.05) is 31.0 Å². The topological polar surface area (TPSA) is 49.4 Å². The molecule has 6 heteroatoms. The first-order valence-electron chi connectivity index (χ1n) is 9.52. The van der Waals surface area contributed by atoms with E-state index in [2.05, 4.69) is 16.5 Å². The van der Waals surface area contributed by atoms with Gasteiger partial charge in [-0.15, -0.1) is 0 Å². The lowest BCUT2D eigenvalue weighted by Gasteiger charge is -2.15. The van der Waals surface area contributed by atoms with Crippen LogP contribution in [0.4, 0.5) is 10.1 Å². The van der Waals surface area contributed by atoms with Crippen LogP contribution >= 0.6 is 0 Å². The van der Waals surface area contributed by atoms with Gasteiger partial charge in [-0.25, -0.2) is 8.42 Å². The predicted octanol–water partition coefficient (Wildman–Crippen LogP) is 4.20. The number of alkyl halides is 1. The molecule has 4 nitrogen and oxygen atoms in total. The van der Waals surface area contributed by atoms with Crippen LogP contribution in [-0.2, 0) is 16.4 Å². The minimum atomic E-state index is -3.65. The van der Waals surface area contributed by atoms with Crippen molar-refractivity contribution in [3.63, 3.8) is 0 Å². The molecule has 0 amide bonds. The number of aryl methyl sites for hydroxylation is 1. The molecule has 1 saturated heterocycles. The number of halogens is 1. The van der Waals surface area contributed by atoms with E-state index in [-0.39, 0.29) is 4.90 Å². The Hall–Kier alpha value is -1.92. The summed E-state index contributed by atoms with van der Waals surface area (Å²) in [7, 11) is -3.65. The zero-order chi connectivity index (χ0) is 19.3. The Labute approximate surface area is 161 Å². The Morgan fingerprint density at radius 1 is 1.11 bits per heavy atom. The number of hydrogen-bond donors (Lipinski definition) is 1. The molecule has 0 bridgehead atoms. The molecule has 1 unspecified atom stereocenters. The summed E-state index contributed by atoms with van der Waals surface area (Å²) in [6, 6.07) is 14.0. The average molecular weight is 391 g/mol. The number of benzene rings is 2. The van der Waals surface area contributed by atoms with Crippen LogP contribution in [0.3, 0.4) is 0 Å². The van der Waals surface area contributed by atoms with Crippen LogP contribution in [0.25, 0.3) is 0 Å². The Balaban J connectivity index is 1.65. The van der Waals surface area contributed by atoms with Crippen molar-refractivity contribution in [3.8, 4) is 0 Å². The third-order valence-electron chi connectivity index (χ3n) is 5.06. The zero-order valence-electron chi connectivity index (χ0n) is 15.7. The second-order valence-electron chi connectivity index (χ2n) is 7.10. The lowest BCUT2D eigenvalue weighted by Crippen LogP contribution is -2.20. The third-order valence-corrected chi connectivity index (χ3v) is 6.46. The van der Waals surface area contributed by atoms with Gasteiger partial charge >= 0.3 is 0 Å². The van der Waals surface area contributed by atoms with Crippen LogP contribution in [0.5, 0.6) is 0 Å². The maximum absolute atomic E-state index is 12.5. The molecule has 1 heterocycles. The SMILES string of the molecule is CCCN1CCC(c2ccc(NS(=O)(=O)c3ccc(CCF)cc3)cc2)C1. The van der Waals surface area contributed by atoms with E-state index in [1.54, 1.807) is 12.1 Å². The van der Waals surface area contributed by atoms with E-state index < -0.39 is 16.7 Å². The summed E-state index contributed by atoms with van der Waals surface area (Å²) in [6.07, 6.45) is 2.62. The van der Waals surface area contributed by atoms with Gasteiger partial charge in [-0.1, -0.05) is 31.2 Å². The predicted molar refractivity (Wildman–Crippen MR) is 107 cm³/mol. The highest BCUT2D eigenvalue weighted by Gasteiger charge is 2.23. The van der Waals surface area contributed by atoms with Gasteiger partial charge in [0.05, 0.1) is 11.6 Å². The number of sulfonamides is 1. The fourth-order valence-corrected chi connectivity index (χ4v) is 4.66. The second-order valence-corrected chi connectivity index (χ2v) is 8.78. The monoisotopic (exact) mass is 390 g/mol. The van der Waals surface area contributed by atoms with Crippen LogP contribution in [0.15, 0.2) is 53.4 Å². The Morgan fingerprint density at radius 2 is 1.81 bits per heavy atom. The molecule has 0 radical (unpaired) electrons. The van der Waals surface area contributed by atoms with Gasteiger partial charge in [-0.2, -0.15) is 0 Å². The van der Waals surface area contributed by atoms with Gasteiger partial charge in [0.1, 0.15) is 0 Å². The number of likely N-dealkylation sites (tertiary alicyclic amines) is 1. The summed E-state index contributed by atoms with van der Waals surface area (Å²) in [5.74, 6) is 0.519. The van der Waals surface area contributed by atoms with Crippen LogP contribution in [0.1, 0.15) is 36.8 Å². The molecule has 146 valence electrons. The molecule has 2 aromatic carbocycles. The molecule has 3 rings (SSSR count). The normalized spacial score (nSPS) is 17.9. The smallest absolute Gasteiger partial charge is 0.261 e. The third kappa shape index (κ3) is 5.08. The first kappa shape index (κ1) is 19.8. The molecule has 27 heavy (non-hydrogen) atoms. The molecule has 1 aliphatic rings. The van der Waals surface area contributed by atoms with Crippen molar-refractivity contribution in [1.29, 1.82) is 0 Å². The molecule has 0 aromatic heterocycles. The summed E-state index contributed by atoms with van der Waals surface area (Å²) in [5.41, 5.74) is 2.59. The maximum atomic E-state index is 12.5. The van der Waals surface area contributed by atoms with E-state index in [1.165, 1.54) is 24.1 Å². The van der Waals surface area contributed by atoms with E-state index in [1.807, 2.05) is 24.3 Å². The van der Waals surface area contributed by atoms with E-state index in [9.17, 15) is 12.8 Å². The highest BCUT2D eigenvalue weighted by Crippen LogP contribution is 2.28. The first-order valence-corrected chi connectivity index (χ1v) is 11.0. The minimum Gasteiger partial charge on any atom is -0.303 e.